The fourth-order valence-corrected chi connectivity index (χ4v) is 4.07. The van der Waals surface area contributed by atoms with E-state index in [1.165, 1.54) is 0 Å². The molecule has 0 saturated carbocycles. The fourth-order valence-electron chi connectivity index (χ4n) is 3.27. The van der Waals surface area contributed by atoms with Crippen LogP contribution in [0.1, 0.15) is 22.9 Å². The number of ether oxygens (including phenoxy) is 1. The van der Waals surface area contributed by atoms with E-state index in [4.69, 9.17) is 4.74 Å². The van der Waals surface area contributed by atoms with E-state index < -0.39 is 0 Å². The molecule has 2 amide bonds. The van der Waals surface area contributed by atoms with Crippen LogP contribution in [0.25, 0.3) is 0 Å². The van der Waals surface area contributed by atoms with Gasteiger partial charge in [-0.05, 0) is 29.1 Å². The Morgan fingerprint density at radius 2 is 1.86 bits per heavy atom. The topological polar surface area (TPSA) is 58.6 Å². The van der Waals surface area contributed by atoms with Gasteiger partial charge in [-0.25, -0.2) is 0 Å². The van der Waals surface area contributed by atoms with E-state index >= 15 is 0 Å². The van der Waals surface area contributed by atoms with Gasteiger partial charge in [0, 0.05) is 17.8 Å². The summed E-state index contributed by atoms with van der Waals surface area (Å²) in [6, 6.07) is 21.1. The first kappa shape index (κ1) is 18.3. The lowest BCUT2D eigenvalue weighted by Crippen LogP contribution is -2.41. The van der Waals surface area contributed by atoms with Crippen molar-refractivity contribution in [1.82, 2.24) is 5.32 Å². The molecule has 0 fully saturated rings. The highest BCUT2D eigenvalue weighted by Crippen LogP contribution is 2.31. The van der Waals surface area contributed by atoms with Crippen LogP contribution in [-0.2, 0) is 9.59 Å². The van der Waals surface area contributed by atoms with Gasteiger partial charge >= 0.3 is 0 Å². The lowest BCUT2D eigenvalue weighted by molar-refractivity contribution is -0.122. The number of thiophene rings is 1. The minimum absolute atomic E-state index is 0.000464. The highest BCUT2D eigenvalue weighted by Gasteiger charge is 2.26. The van der Waals surface area contributed by atoms with Crippen LogP contribution in [0.3, 0.4) is 0 Å². The van der Waals surface area contributed by atoms with Crippen molar-refractivity contribution in [2.45, 2.75) is 12.5 Å². The number of anilines is 1. The quantitative estimate of drug-likeness (QED) is 0.695. The highest BCUT2D eigenvalue weighted by molar-refractivity contribution is 7.10. The normalized spacial score (nSPS) is 14.1. The van der Waals surface area contributed by atoms with Crippen molar-refractivity contribution in [2.24, 2.45) is 0 Å². The van der Waals surface area contributed by atoms with Crippen molar-refractivity contribution in [3.8, 4) is 5.75 Å². The van der Waals surface area contributed by atoms with E-state index in [2.05, 4.69) is 5.32 Å². The van der Waals surface area contributed by atoms with Crippen LogP contribution in [0.5, 0.6) is 5.75 Å². The van der Waals surface area contributed by atoms with E-state index in [9.17, 15) is 9.59 Å². The molecule has 0 aliphatic carbocycles. The van der Waals surface area contributed by atoms with E-state index in [1.54, 1.807) is 16.2 Å². The van der Waals surface area contributed by atoms with Crippen LogP contribution < -0.4 is 15.0 Å². The zero-order chi connectivity index (χ0) is 19.3. The summed E-state index contributed by atoms with van der Waals surface area (Å²) in [4.78, 5) is 27.7. The first-order valence-electron chi connectivity index (χ1n) is 9.12. The van der Waals surface area contributed by atoms with Crippen LogP contribution in [0, 0.1) is 0 Å². The number of hydrogen-bond acceptors (Lipinski definition) is 4. The molecular weight excluding hydrogens is 372 g/mol. The van der Waals surface area contributed by atoms with Gasteiger partial charge in [-0.2, -0.15) is 0 Å². The molecule has 0 bridgehead atoms. The Labute approximate surface area is 167 Å². The molecule has 1 N–H and O–H groups in total. The fraction of sp³-hybridized carbons (Fsp3) is 0.182. The van der Waals surface area contributed by atoms with E-state index in [0.29, 0.717) is 18.0 Å². The highest BCUT2D eigenvalue weighted by atomic mass is 32.1. The number of carbonyl (C=O) groups excluding carboxylic acids is 2. The second kappa shape index (κ2) is 8.27. The summed E-state index contributed by atoms with van der Waals surface area (Å²) in [7, 11) is 0. The molecule has 2 heterocycles. The summed E-state index contributed by atoms with van der Waals surface area (Å²) in [6.07, 6.45) is 0.217. The predicted octanol–water partition coefficient (Wildman–Crippen LogP) is 3.77. The van der Waals surface area contributed by atoms with Crippen LogP contribution >= 0.6 is 11.3 Å². The zero-order valence-electron chi connectivity index (χ0n) is 15.2. The first-order chi connectivity index (χ1) is 13.7. The minimum atomic E-state index is -0.193. The molecule has 3 aromatic rings. The molecule has 1 aliphatic heterocycles. The molecule has 1 atom stereocenters. The molecular formula is C22H20N2O3S. The van der Waals surface area contributed by atoms with E-state index in [1.807, 2.05) is 72.1 Å². The number of nitrogens with zero attached hydrogens (tertiary/aromatic N) is 1. The van der Waals surface area contributed by atoms with Crippen LogP contribution in [0.15, 0.2) is 72.1 Å². The number of benzene rings is 2. The summed E-state index contributed by atoms with van der Waals surface area (Å²) in [5.41, 5.74) is 1.75. The van der Waals surface area contributed by atoms with Gasteiger partial charge in [0.1, 0.15) is 5.75 Å². The van der Waals surface area contributed by atoms with Crippen LogP contribution in [0.4, 0.5) is 5.69 Å². The first-order valence-corrected chi connectivity index (χ1v) is 10.0. The third kappa shape index (κ3) is 3.92. The average Bonchev–Trinajstić information content (AvgIpc) is 3.26. The van der Waals surface area contributed by atoms with Gasteiger partial charge in [-0.3, -0.25) is 9.59 Å². The minimum Gasteiger partial charge on any atom is -0.482 e. The number of carbonyl (C=O) groups is 2. The van der Waals surface area contributed by atoms with Crippen molar-refractivity contribution in [3.05, 3.63) is 82.6 Å². The van der Waals surface area contributed by atoms with Gasteiger partial charge in [-0.15, -0.1) is 11.3 Å². The van der Waals surface area contributed by atoms with Crippen molar-refractivity contribution in [2.75, 3.05) is 18.1 Å². The largest absolute Gasteiger partial charge is 0.482 e. The van der Waals surface area contributed by atoms with Crippen molar-refractivity contribution in [3.63, 3.8) is 0 Å². The maximum absolute atomic E-state index is 12.7. The third-order valence-electron chi connectivity index (χ3n) is 4.64. The Morgan fingerprint density at radius 1 is 1.07 bits per heavy atom. The number of para-hydroxylation sites is 2. The van der Waals surface area contributed by atoms with E-state index in [-0.39, 0.29) is 30.9 Å². The second-order valence-electron chi connectivity index (χ2n) is 6.48. The van der Waals surface area contributed by atoms with Gasteiger partial charge in [-0.1, -0.05) is 48.5 Å². The number of fused-ring (bicyclic) bond motifs is 1. The van der Waals surface area contributed by atoms with Crippen LogP contribution in [-0.4, -0.2) is 25.0 Å². The van der Waals surface area contributed by atoms with Crippen molar-refractivity contribution < 1.29 is 14.3 Å². The third-order valence-corrected chi connectivity index (χ3v) is 5.57. The molecule has 4 rings (SSSR count). The summed E-state index contributed by atoms with van der Waals surface area (Å²) in [5.74, 6) is 0.437. The molecule has 142 valence electrons. The lowest BCUT2D eigenvalue weighted by atomic mass is 10.1. The Hall–Kier alpha value is -3.12. The summed E-state index contributed by atoms with van der Waals surface area (Å²) < 4.78 is 5.45. The van der Waals surface area contributed by atoms with Crippen LogP contribution in [0.2, 0.25) is 0 Å². The molecule has 2 aromatic carbocycles. The standard InChI is InChI=1S/C22H20N2O3S/c25-20(12-13-24-17-9-4-5-10-18(17)27-15-21(24)26)23-22(19-11-6-14-28-19)16-7-2-1-3-8-16/h1-11,14,22H,12-13,15H2,(H,23,25). The Balaban J connectivity index is 1.46. The smallest absolute Gasteiger partial charge is 0.265 e. The molecule has 28 heavy (non-hydrogen) atoms. The molecule has 5 nitrogen and oxygen atoms in total. The molecule has 6 heteroatoms. The molecule has 0 saturated heterocycles. The number of rotatable bonds is 6. The maximum atomic E-state index is 12.7. The van der Waals surface area contributed by atoms with Gasteiger partial charge in [0.15, 0.2) is 6.61 Å². The van der Waals surface area contributed by atoms with Gasteiger partial charge in [0.25, 0.3) is 5.91 Å². The molecule has 1 unspecified atom stereocenters. The lowest BCUT2D eigenvalue weighted by Gasteiger charge is -2.29. The van der Waals surface area contributed by atoms with Gasteiger partial charge < -0.3 is 15.0 Å². The second-order valence-corrected chi connectivity index (χ2v) is 7.46. The summed E-state index contributed by atoms with van der Waals surface area (Å²) >= 11 is 1.61. The zero-order valence-corrected chi connectivity index (χ0v) is 16.0. The summed E-state index contributed by atoms with van der Waals surface area (Å²) in [6.45, 7) is 0.317. The average molecular weight is 392 g/mol. The summed E-state index contributed by atoms with van der Waals surface area (Å²) in [5, 5.41) is 5.12. The van der Waals surface area contributed by atoms with Crippen molar-refractivity contribution >= 4 is 28.8 Å². The number of amides is 2. The van der Waals surface area contributed by atoms with Gasteiger partial charge in [0.05, 0.1) is 11.7 Å². The molecule has 1 aliphatic rings. The maximum Gasteiger partial charge on any atom is 0.265 e. The molecule has 1 aromatic heterocycles. The predicted molar refractivity (Wildman–Crippen MR) is 110 cm³/mol. The Bertz CT molecular complexity index is 957. The van der Waals surface area contributed by atoms with E-state index in [0.717, 1.165) is 10.4 Å². The Morgan fingerprint density at radius 3 is 2.64 bits per heavy atom. The molecule has 0 radical (unpaired) electrons. The molecule has 0 spiro atoms. The van der Waals surface area contributed by atoms with Crippen molar-refractivity contribution in [1.29, 1.82) is 0 Å². The SMILES string of the molecule is O=C(CCN1C(=O)COc2ccccc21)NC(c1ccccc1)c1cccs1. The number of hydrogen-bond donors (Lipinski definition) is 1. The monoisotopic (exact) mass is 392 g/mol. The Kier molecular flexibility index (Phi) is 5.39. The van der Waals surface area contributed by atoms with Gasteiger partial charge in [0.2, 0.25) is 5.91 Å². The number of nitrogens with one attached hydrogen (secondary N) is 1.